The molecule has 5 rings (SSSR count). The molecule has 2 aliphatic rings. The van der Waals surface area contributed by atoms with Crippen LogP contribution in [0.3, 0.4) is 0 Å². The van der Waals surface area contributed by atoms with Crippen LogP contribution in [0.4, 0.5) is 5.69 Å². The monoisotopic (exact) mass is 357 g/mol. The van der Waals surface area contributed by atoms with Crippen molar-refractivity contribution in [3.63, 3.8) is 0 Å². The van der Waals surface area contributed by atoms with Gasteiger partial charge in [-0.1, -0.05) is 41.6 Å². The van der Waals surface area contributed by atoms with Gasteiger partial charge in [-0.15, -0.1) is 5.10 Å². The third-order valence-corrected chi connectivity index (χ3v) is 5.66. The van der Waals surface area contributed by atoms with E-state index >= 15 is 0 Å². The molecule has 1 fully saturated rings. The predicted molar refractivity (Wildman–Crippen MR) is 107 cm³/mol. The minimum absolute atomic E-state index is 0.617. The van der Waals surface area contributed by atoms with Gasteiger partial charge in [0.2, 0.25) is 0 Å². The smallest absolute Gasteiger partial charge is 0.0971 e. The predicted octanol–water partition coefficient (Wildman–Crippen LogP) is 3.91. The van der Waals surface area contributed by atoms with E-state index in [2.05, 4.69) is 38.4 Å². The van der Waals surface area contributed by atoms with E-state index in [1.54, 1.807) is 0 Å². The van der Waals surface area contributed by atoms with Gasteiger partial charge in [0.15, 0.2) is 0 Å². The number of aliphatic imine (C=N–C) groups is 1. The van der Waals surface area contributed by atoms with Crippen LogP contribution in [0.25, 0.3) is 5.69 Å². The maximum atomic E-state index is 4.63. The van der Waals surface area contributed by atoms with Crippen molar-refractivity contribution in [2.24, 2.45) is 4.99 Å². The number of piperidine rings is 1. The fourth-order valence-electron chi connectivity index (χ4n) is 4.21. The molecule has 27 heavy (non-hydrogen) atoms. The Labute approximate surface area is 159 Å². The van der Waals surface area contributed by atoms with Gasteiger partial charge < -0.3 is 0 Å². The first-order valence-electron chi connectivity index (χ1n) is 9.70. The molecular formula is C22H23N5. The first-order valence-corrected chi connectivity index (χ1v) is 9.70. The summed E-state index contributed by atoms with van der Waals surface area (Å²) in [5.41, 5.74) is 6.14. The van der Waals surface area contributed by atoms with Gasteiger partial charge in [-0.2, -0.15) is 0 Å². The van der Waals surface area contributed by atoms with E-state index < -0.39 is 0 Å². The van der Waals surface area contributed by atoms with Gasteiger partial charge in [0.25, 0.3) is 0 Å². The van der Waals surface area contributed by atoms with Crippen LogP contribution in [0.1, 0.15) is 35.6 Å². The van der Waals surface area contributed by atoms with Crippen LogP contribution in [-0.4, -0.2) is 39.2 Å². The summed E-state index contributed by atoms with van der Waals surface area (Å²) >= 11 is 0. The highest BCUT2D eigenvalue weighted by molar-refractivity contribution is 5.77. The van der Waals surface area contributed by atoms with Gasteiger partial charge in [0, 0.05) is 19.2 Å². The molecule has 136 valence electrons. The quantitative estimate of drug-likeness (QED) is 0.711. The van der Waals surface area contributed by atoms with E-state index in [9.17, 15) is 0 Å². The molecule has 5 nitrogen and oxygen atoms in total. The first kappa shape index (κ1) is 16.4. The van der Waals surface area contributed by atoms with Crippen molar-refractivity contribution in [2.75, 3.05) is 13.1 Å². The van der Waals surface area contributed by atoms with Crippen molar-refractivity contribution >= 4 is 11.9 Å². The molecule has 0 bridgehead atoms. The third-order valence-electron chi connectivity index (χ3n) is 5.66. The number of nitrogens with zero attached hydrogens (tertiary/aromatic N) is 5. The van der Waals surface area contributed by atoms with E-state index in [1.807, 2.05) is 47.4 Å². The molecule has 1 saturated heterocycles. The molecule has 0 amide bonds. The summed E-state index contributed by atoms with van der Waals surface area (Å²) in [6, 6.07) is 16.8. The Morgan fingerprint density at radius 2 is 1.81 bits per heavy atom. The van der Waals surface area contributed by atoms with Gasteiger partial charge in [0.1, 0.15) is 0 Å². The largest absolute Gasteiger partial charge is 0.297 e. The summed E-state index contributed by atoms with van der Waals surface area (Å²) in [7, 11) is 0. The van der Waals surface area contributed by atoms with Crippen molar-refractivity contribution in [3.8, 4) is 5.69 Å². The Hall–Kier alpha value is -2.79. The number of para-hydroxylation sites is 2. The highest BCUT2D eigenvalue weighted by Gasteiger charge is 2.24. The molecule has 0 spiro atoms. The molecule has 3 aromatic rings. The summed E-state index contributed by atoms with van der Waals surface area (Å²) in [6.45, 7) is 3.05. The van der Waals surface area contributed by atoms with E-state index in [0.717, 1.165) is 37.4 Å². The number of rotatable bonds is 4. The normalized spacial score (nSPS) is 17.3. The maximum absolute atomic E-state index is 4.63. The lowest BCUT2D eigenvalue weighted by molar-refractivity contribution is 0.202. The number of likely N-dealkylation sites (tertiary alicyclic amines) is 1. The Balaban J connectivity index is 1.23. The molecule has 0 N–H and O–H groups in total. The standard InChI is InChI=1S/C22H23N5/c1-2-6-20(7-3-1)27-16-19(24-25-27)15-26-13-10-17(11-14-26)21-8-4-5-18-9-12-23-22(18)21/h1-8,12,16-17H,9-11,13-15H2. The summed E-state index contributed by atoms with van der Waals surface area (Å²) < 4.78 is 1.85. The average Bonchev–Trinajstić information content (AvgIpc) is 3.38. The Morgan fingerprint density at radius 1 is 0.963 bits per heavy atom. The lowest BCUT2D eigenvalue weighted by Gasteiger charge is -2.32. The van der Waals surface area contributed by atoms with Crippen LogP contribution in [-0.2, 0) is 13.0 Å². The van der Waals surface area contributed by atoms with Crippen molar-refractivity contribution < 1.29 is 0 Å². The van der Waals surface area contributed by atoms with Crippen molar-refractivity contribution in [2.45, 2.75) is 31.7 Å². The van der Waals surface area contributed by atoms with E-state index in [0.29, 0.717) is 5.92 Å². The highest BCUT2D eigenvalue weighted by atomic mass is 15.4. The summed E-state index contributed by atoms with van der Waals surface area (Å²) in [4.78, 5) is 7.12. The summed E-state index contributed by atoms with van der Waals surface area (Å²) in [5.74, 6) is 0.617. The molecule has 0 atom stereocenters. The lowest BCUT2D eigenvalue weighted by Crippen LogP contribution is -2.32. The molecular weight excluding hydrogens is 334 g/mol. The van der Waals surface area contributed by atoms with Crippen LogP contribution >= 0.6 is 0 Å². The van der Waals surface area contributed by atoms with E-state index in [1.165, 1.54) is 29.7 Å². The molecule has 2 aromatic carbocycles. The molecule has 3 heterocycles. The summed E-state index contributed by atoms with van der Waals surface area (Å²) in [6.07, 6.45) is 7.43. The van der Waals surface area contributed by atoms with Gasteiger partial charge >= 0.3 is 0 Å². The van der Waals surface area contributed by atoms with Crippen LogP contribution in [0.15, 0.2) is 59.7 Å². The number of hydrogen-bond acceptors (Lipinski definition) is 4. The molecule has 0 saturated carbocycles. The van der Waals surface area contributed by atoms with Crippen LogP contribution in [0.5, 0.6) is 0 Å². The summed E-state index contributed by atoms with van der Waals surface area (Å²) in [5, 5.41) is 8.64. The Kier molecular flexibility index (Phi) is 4.30. The molecule has 2 aliphatic heterocycles. The molecule has 1 aromatic heterocycles. The number of aromatic nitrogens is 3. The van der Waals surface area contributed by atoms with Gasteiger partial charge in [0.05, 0.1) is 23.3 Å². The van der Waals surface area contributed by atoms with Crippen LogP contribution < -0.4 is 0 Å². The molecule has 5 heteroatoms. The zero-order valence-electron chi connectivity index (χ0n) is 15.3. The van der Waals surface area contributed by atoms with Crippen molar-refractivity contribution in [1.82, 2.24) is 19.9 Å². The highest BCUT2D eigenvalue weighted by Crippen LogP contribution is 2.38. The maximum Gasteiger partial charge on any atom is 0.0971 e. The zero-order chi connectivity index (χ0) is 18.1. The number of benzene rings is 2. The van der Waals surface area contributed by atoms with E-state index in [4.69, 9.17) is 0 Å². The minimum atomic E-state index is 0.617. The Bertz CT molecular complexity index is 952. The molecule has 0 radical (unpaired) electrons. The van der Waals surface area contributed by atoms with Crippen LogP contribution in [0, 0.1) is 0 Å². The molecule has 0 unspecified atom stereocenters. The second-order valence-electron chi connectivity index (χ2n) is 7.41. The third kappa shape index (κ3) is 3.30. The SMILES string of the molecule is C1=Nc2c(cccc2C2CCN(Cc3cn(-c4ccccc4)nn3)CC2)C1. The minimum Gasteiger partial charge on any atom is -0.297 e. The number of fused-ring (bicyclic) bond motifs is 1. The van der Waals surface area contributed by atoms with Gasteiger partial charge in [-0.25, -0.2) is 4.68 Å². The molecule has 0 aliphatic carbocycles. The topological polar surface area (TPSA) is 46.3 Å². The zero-order valence-corrected chi connectivity index (χ0v) is 15.3. The fraction of sp³-hybridized carbons (Fsp3) is 0.318. The van der Waals surface area contributed by atoms with Crippen molar-refractivity contribution in [3.05, 3.63) is 71.5 Å². The average molecular weight is 357 g/mol. The second-order valence-corrected chi connectivity index (χ2v) is 7.41. The van der Waals surface area contributed by atoms with E-state index in [-0.39, 0.29) is 0 Å². The fourth-order valence-corrected chi connectivity index (χ4v) is 4.21. The van der Waals surface area contributed by atoms with Crippen LogP contribution in [0.2, 0.25) is 0 Å². The lowest BCUT2D eigenvalue weighted by atomic mass is 9.87. The number of hydrogen-bond donors (Lipinski definition) is 0. The van der Waals surface area contributed by atoms with Gasteiger partial charge in [-0.05, 0) is 55.1 Å². The first-order chi connectivity index (χ1) is 13.4. The van der Waals surface area contributed by atoms with Crippen molar-refractivity contribution in [1.29, 1.82) is 0 Å². The van der Waals surface area contributed by atoms with Gasteiger partial charge in [-0.3, -0.25) is 9.89 Å². The Morgan fingerprint density at radius 3 is 2.67 bits per heavy atom. The second kappa shape index (κ2) is 7.08.